The minimum atomic E-state index is -0.269. The molecule has 1 heterocycles. The first-order valence-corrected chi connectivity index (χ1v) is 7.80. The number of hydrogen-bond acceptors (Lipinski definition) is 3. The second-order valence-corrected chi connectivity index (χ2v) is 5.80. The lowest BCUT2D eigenvalue weighted by molar-refractivity contribution is 0.149. The standard InChI is InChI=1S/C16H18Cl2N2O3/c1-11-3-5-13(23-11)10-20(7-8-22-2)16(21)19-12-4-6-14(17)15(18)9-12/h3-6,9H,7-8,10H2,1-2H3,(H,19,21). The van der Waals surface area contributed by atoms with Gasteiger partial charge in [0.2, 0.25) is 0 Å². The van der Waals surface area contributed by atoms with Crippen LogP contribution in [0.25, 0.3) is 0 Å². The summed E-state index contributed by atoms with van der Waals surface area (Å²) >= 11 is 11.8. The van der Waals surface area contributed by atoms with Gasteiger partial charge < -0.3 is 19.4 Å². The number of nitrogens with one attached hydrogen (secondary N) is 1. The molecule has 2 amide bonds. The van der Waals surface area contributed by atoms with Crippen molar-refractivity contribution in [3.8, 4) is 0 Å². The molecule has 0 saturated heterocycles. The van der Waals surface area contributed by atoms with Crippen LogP contribution in [0.5, 0.6) is 0 Å². The number of carbonyl (C=O) groups excluding carboxylic acids is 1. The molecule has 0 saturated carbocycles. The lowest BCUT2D eigenvalue weighted by Crippen LogP contribution is -2.36. The van der Waals surface area contributed by atoms with Crippen LogP contribution in [0.1, 0.15) is 11.5 Å². The van der Waals surface area contributed by atoms with E-state index >= 15 is 0 Å². The summed E-state index contributed by atoms with van der Waals surface area (Å²) in [6.07, 6.45) is 0. The Morgan fingerprint density at radius 1 is 1.26 bits per heavy atom. The average Bonchev–Trinajstić information content (AvgIpc) is 2.92. The molecule has 1 aromatic heterocycles. The van der Waals surface area contributed by atoms with Gasteiger partial charge in [0.25, 0.3) is 0 Å². The zero-order valence-corrected chi connectivity index (χ0v) is 14.4. The summed E-state index contributed by atoms with van der Waals surface area (Å²) in [5.74, 6) is 1.51. The molecule has 2 aromatic rings. The van der Waals surface area contributed by atoms with Crippen molar-refractivity contribution in [2.75, 3.05) is 25.6 Å². The van der Waals surface area contributed by atoms with Crippen molar-refractivity contribution in [1.29, 1.82) is 0 Å². The fourth-order valence-corrected chi connectivity index (χ4v) is 2.29. The number of anilines is 1. The third-order valence-corrected chi connectivity index (χ3v) is 3.91. The second kappa shape index (κ2) is 8.24. The highest BCUT2D eigenvalue weighted by Crippen LogP contribution is 2.25. The summed E-state index contributed by atoms with van der Waals surface area (Å²) in [6, 6.07) is 8.37. The average molecular weight is 357 g/mol. The Bertz CT molecular complexity index is 673. The summed E-state index contributed by atoms with van der Waals surface area (Å²) in [5.41, 5.74) is 0.572. The van der Waals surface area contributed by atoms with Crippen LogP contribution in [0.4, 0.5) is 10.5 Å². The fourth-order valence-electron chi connectivity index (χ4n) is 1.99. The quantitative estimate of drug-likeness (QED) is 0.824. The van der Waals surface area contributed by atoms with Crippen molar-refractivity contribution in [3.63, 3.8) is 0 Å². The number of hydrogen-bond donors (Lipinski definition) is 1. The van der Waals surface area contributed by atoms with Gasteiger partial charge in [-0.15, -0.1) is 0 Å². The summed E-state index contributed by atoms with van der Waals surface area (Å²) in [6.45, 7) is 3.07. The predicted octanol–water partition coefficient (Wildman–Crippen LogP) is 4.58. The van der Waals surface area contributed by atoms with E-state index in [0.717, 1.165) is 5.76 Å². The molecule has 0 radical (unpaired) electrons. The number of halogens is 2. The lowest BCUT2D eigenvalue weighted by Gasteiger charge is -2.22. The van der Waals surface area contributed by atoms with E-state index in [4.69, 9.17) is 32.4 Å². The Kier molecular flexibility index (Phi) is 6.33. The molecular formula is C16H18Cl2N2O3. The van der Waals surface area contributed by atoms with E-state index in [2.05, 4.69) is 5.32 Å². The monoisotopic (exact) mass is 356 g/mol. The number of aryl methyl sites for hydroxylation is 1. The molecule has 2 rings (SSSR count). The number of ether oxygens (including phenoxy) is 1. The highest BCUT2D eigenvalue weighted by atomic mass is 35.5. The normalized spacial score (nSPS) is 10.6. The van der Waals surface area contributed by atoms with Gasteiger partial charge in [-0.05, 0) is 37.3 Å². The fraction of sp³-hybridized carbons (Fsp3) is 0.312. The Balaban J connectivity index is 2.07. The van der Waals surface area contributed by atoms with Gasteiger partial charge in [-0.2, -0.15) is 0 Å². The van der Waals surface area contributed by atoms with Gasteiger partial charge in [0.1, 0.15) is 11.5 Å². The van der Waals surface area contributed by atoms with Gasteiger partial charge in [0.05, 0.1) is 23.2 Å². The maximum atomic E-state index is 12.5. The molecule has 124 valence electrons. The van der Waals surface area contributed by atoms with Crippen molar-refractivity contribution < 1.29 is 13.9 Å². The van der Waals surface area contributed by atoms with Crippen molar-refractivity contribution in [3.05, 3.63) is 51.9 Å². The molecule has 7 heteroatoms. The van der Waals surface area contributed by atoms with E-state index in [1.165, 1.54) is 0 Å². The highest BCUT2D eigenvalue weighted by molar-refractivity contribution is 6.42. The summed E-state index contributed by atoms with van der Waals surface area (Å²) in [4.78, 5) is 14.1. The number of carbonyl (C=O) groups is 1. The Hall–Kier alpha value is -1.69. The largest absolute Gasteiger partial charge is 0.464 e. The van der Waals surface area contributed by atoms with Crippen molar-refractivity contribution in [2.24, 2.45) is 0 Å². The molecule has 0 aliphatic heterocycles. The molecule has 0 spiro atoms. The van der Waals surface area contributed by atoms with Crippen LogP contribution in [-0.2, 0) is 11.3 Å². The van der Waals surface area contributed by atoms with Gasteiger partial charge >= 0.3 is 6.03 Å². The van der Waals surface area contributed by atoms with Crippen LogP contribution in [0.2, 0.25) is 10.0 Å². The predicted molar refractivity (Wildman–Crippen MR) is 91.2 cm³/mol. The van der Waals surface area contributed by atoms with Crippen LogP contribution in [-0.4, -0.2) is 31.2 Å². The molecular weight excluding hydrogens is 339 g/mol. The zero-order chi connectivity index (χ0) is 16.8. The molecule has 1 N–H and O–H groups in total. The summed E-state index contributed by atoms with van der Waals surface area (Å²) in [7, 11) is 1.59. The van der Waals surface area contributed by atoms with Crippen LogP contribution in [0.3, 0.4) is 0 Å². The van der Waals surface area contributed by atoms with Crippen LogP contribution < -0.4 is 5.32 Å². The maximum absolute atomic E-state index is 12.5. The van der Waals surface area contributed by atoms with E-state index in [0.29, 0.717) is 41.2 Å². The first-order chi connectivity index (χ1) is 11.0. The minimum absolute atomic E-state index is 0.269. The number of benzene rings is 1. The van der Waals surface area contributed by atoms with Crippen LogP contribution in [0, 0.1) is 6.92 Å². The molecule has 0 unspecified atom stereocenters. The van der Waals surface area contributed by atoms with Gasteiger partial charge in [-0.25, -0.2) is 4.79 Å². The first-order valence-electron chi connectivity index (χ1n) is 7.05. The van der Waals surface area contributed by atoms with Gasteiger partial charge in [-0.3, -0.25) is 0 Å². The Morgan fingerprint density at radius 2 is 2.04 bits per heavy atom. The van der Waals surface area contributed by atoms with Gasteiger partial charge in [0, 0.05) is 19.3 Å². The van der Waals surface area contributed by atoms with E-state index in [1.807, 2.05) is 19.1 Å². The second-order valence-electron chi connectivity index (χ2n) is 4.99. The van der Waals surface area contributed by atoms with Crippen molar-refractivity contribution in [2.45, 2.75) is 13.5 Å². The van der Waals surface area contributed by atoms with E-state index < -0.39 is 0 Å². The number of urea groups is 1. The van der Waals surface area contributed by atoms with Crippen molar-refractivity contribution in [1.82, 2.24) is 4.90 Å². The number of methoxy groups -OCH3 is 1. The third kappa shape index (κ3) is 5.16. The molecule has 0 fully saturated rings. The molecule has 23 heavy (non-hydrogen) atoms. The lowest BCUT2D eigenvalue weighted by atomic mass is 10.3. The molecule has 0 bridgehead atoms. The zero-order valence-electron chi connectivity index (χ0n) is 12.9. The third-order valence-electron chi connectivity index (χ3n) is 3.17. The first kappa shape index (κ1) is 17.7. The Morgan fingerprint density at radius 3 is 2.65 bits per heavy atom. The number of rotatable bonds is 6. The summed E-state index contributed by atoms with van der Waals surface area (Å²) < 4.78 is 10.6. The van der Waals surface area contributed by atoms with Gasteiger partial charge in [-0.1, -0.05) is 23.2 Å². The highest BCUT2D eigenvalue weighted by Gasteiger charge is 2.16. The van der Waals surface area contributed by atoms with Crippen LogP contribution >= 0.6 is 23.2 Å². The van der Waals surface area contributed by atoms with E-state index in [-0.39, 0.29) is 6.03 Å². The number of nitrogens with zero attached hydrogens (tertiary/aromatic N) is 1. The van der Waals surface area contributed by atoms with Crippen LogP contribution in [0.15, 0.2) is 34.7 Å². The molecule has 5 nitrogen and oxygen atoms in total. The maximum Gasteiger partial charge on any atom is 0.322 e. The molecule has 0 aliphatic rings. The van der Waals surface area contributed by atoms with E-state index in [1.54, 1.807) is 30.2 Å². The van der Waals surface area contributed by atoms with Gasteiger partial charge in [0.15, 0.2) is 0 Å². The molecule has 0 aliphatic carbocycles. The number of furan rings is 1. The smallest absolute Gasteiger partial charge is 0.322 e. The SMILES string of the molecule is COCCN(Cc1ccc(C)o1)C(=O)Nc1ccc(Cl)c(Cl)c1. The topological polar surface area (TPSA) is 54.7 Å². The Labute approximate surface area is 145 Å². The molecule has 1 aromatic carbocycles. The summed E-state index contributed by atoms with van der Waals surface area (Å²) in [5, 5.41) is 3.61. The molecule has 0 atom stereocenters. The minimum Gasteiger partial charge on any atom is -0.464 e. The van der Waals surface area contributed by atoms with E-state index in [9.17, 15) is 4.79 Å². The van der Waals surface area contributed by atoms with Crippen molar-refractivity contribution >= 4 is 34.9 Å². The number of amides is 2.